The number of hydrogen-bond acceptors (Lipinski definition) is 2. The van der Waals surface area contributed by atoms with Gasteiger partial charge in [-0.3, -0.25) is 0 Å². The average Bonchev–Trinajstić information content (AvgIpc) is 2.80. The highest BCUT2D eigenvalue weighted by molar-refractivity contribution is 9.10. The summed E-state index contributed by atoms with van der Waals surface area (Å²) in [6, 6.07) is 3.90. The van der Waals surface area contributed by atoms with Gasteiger partial charge in [0.05, 0.1) is 10.5 Å². The van der Waals surface area contributed by atoms with Gasteiger partial charge in [0.1, 0.15) is 17.4 Å². The van der Waals surface area contributed by atoms with Crippen LogP contribution in [-0.2, 0) is 4.74 Å². The van der Waals surface area contributed by atoms with Gasteiger partial charge >= 0.3 is 0 Å². The van der Waals surface area contributed by atoms with Crippen LogP contribution in [0.2, 0.25) is 5.02 Å². The van der Waals surface area contributed by atoms with Gasteiger partial charge in [-0.05, 0) is 47.3 Å². The molecule has 5 heteroatoms. The summed E-state index contributed by atoms with van der Waals surface area (Å²) in [5, 5.41) is 0.654. The highest BCUT2D eigenvalue weighted by atomic mass is 79.9. The fourth-order valence-corrected chi connectivity index (χ4v) is 2.67. The van der Waals surface area contributed by atoms with E-state index in [1.54, 1.807) is 0 Å². The molecule has 2 heterocycles. The van der Waals surface area contributed by atoms with Crippen molar-refractivity contribution in [3.63, 3.8) is 0 Å². The van der Waals surface area contributed by atoms with E-state index in [1.807, 2.05) is 12.1 Å². The summed E-state index contributed by atoms with van der Waals surface area (Å²) < 4.78 is 6.58. The molecule has 1 saturated heterocycles. The van der Waals surface area contributed by atoms with E-state index in [0.717, 1.165) is 40.8 Å². The van der Waals surface area contributed by atoms with Crippen LogP contribution in [0.3, 0.4) is 0 Å². The molecule has 1 aliphatic heterocycles. The molecule has 0 radical (unpaired) electrons. The Morgan fingerprint density at radius 1 is 1.41 bits per heavy atom. The van der Waals surface area contributed by atoms with Crippen molar-refractivity contribution in [2.75, 3.05) is 6.61 Å². The van der Waals surface area contributed by atoms with Crippen LogP contribution in [0.5, 0.6) is 0 Å². The van der Waals surface area contributed by atoms with E-state index in [2.05, 4.69) is 25.9 Å². The lowest BCUT2D eigenvalue weighted by Crippen LogP contribution is -2.12. The number of hydrogen-bond donors (Lipinski definition) is 1. The SMILES string of the molecule is Clc1c(Br)ccc2[nH]c(C3CCCCO3)nc12. The fraction of sp³-hybridized carbons (Fsp3) is 0.417. The molecule has 0 spiro atoms. The predicted octanol–water partition coefficient (Wildman–Crippen LogP) is 4.22. The van der Waals surface area contributed by atoms with Crippen molar-refractivity contribution in [1.82, 2.24) is 9.97 Å². The van der Waals surface area contributed by atoms with Crippen molar-refractivity contribution < 1.29 is 4.74 Å². The number of aromatic nitrogens is 2. The second-order valence-electron chi connectivity index (χ2n) is 4.23. The van der Waals surface area contributed by atoms with Crippen LogP contribution in [0.25, 0.3) is 11.0 Å². The topological polar surface area (TPSA) is 37.9 Å². The van der Waals surface area contributed by atoms with Gasteiger partial charge in [0.15, 0.2) is 0 Å². The number of fused-ring (bicyclic) bond motifs is 1. The zero-order chi connectivity index (χ0) is 11.8. The number of ether oxygens (including phenoxy) is 1. The Morgan fingerprint density at radius 2 is 2.29 bits per heavy atom. The molecule has 1 N–H and O–H groups in total. The van der Waals surface area contributed by atoms with E-state index in [0.29, 0.717) is 5.02 Å². The smallest absolute Gasteiger partial charge is 0.136 e. The molecule has 1 fully saturated rings. The van der Waals surface area contributed by atoms with Gasteiger partial charge < -0.3 is 9.72 Å². The van der Waals surface area contributed by atoms with Crippen LogP contribution in [-0.4, -0.2) is 16.6 Å². The van der Waals surface area contributed by atoms with Gasteiger partial charge in [-0.2, -0.15) is 0 Å². The van der Waals surface area contributed by atoms with Crippen LogP contribution in [0.1, 0.15) is 31.2 Å². The Bertz CT molecular complexity index is 549. The lowest BCUT2D eigenvalue weighted by molar-refractivity contribution is 0.0101. The van der Waals surface area contributed by atoms with Crippen molar-refractivity contribution in [1.29, 1.82) is 0 Å². The van der Waals surface area contributed by atoms with Gasteiger partial charge in [-0.15, -0.1) is 0 Å². The van der Waals surface area contributed by atoms with E-state index in [4.69, 9.17) is 16.3 Å². The normalized spacial score (nSPS) is 20.9. The second kappa shape index (κ2) is 4.59. The van der Waals surface area contributed by atoms with Crippen molar-refractivity contribution in [2.45, 2.75) is 25.4 Å². The Morgan fingerprint density at radius 3 is 3.06 bits per heavy atom. The number of imidazole rings is 1. The molecule has 0 amide bonds. The zero-order valence-corrected chi connectivity index (χ0v) is 11.5. The number of benzene rings is 1. The number of nitrogens with one attached hydrogen (secondary N) is 1. The largest absolute Gasteiger partial charge is 0.370 e. The summed E-state index contributed by atoms with van der Waals surface area (Å²) in [6.07, 6.45) is 3.45. The van der Waals surface area contributed by atoms with E-state index in [1.165, 1.54) is 6.42 Å². The number of nitrogens with zero attached hydrogens (tertiary/aromatic N) is 1. The van der Waals surface area contributed by atoms with E-state index >= 15 is 0 Å². The van der Waals surface area contributed by atoms with Crippen LogP contribution in [0.4, 0.5) is 0 Å². The minimum absolute atomic E-state index is 0.0889. The second-order valence-corrected chi connectivity index (χ2v) is 5.47. The standard InChI is InChI=1S/C12H12BrClN2O/c13-7-4-5-8-11(10(7)14)16-12(15-8)9-3-1-2-6-17-9/h4-5,9H,1-3,6H2,(H,15,16). The fourth-order valence-electron chi connectivity index (χ4n) is 2.15. The van der Waals surface area contributed by atoms with Crippen LogP contribution >= 0.6 is 27.5 Å². The first kappa shape index (κ1) is 11.5. The van der Waals surface area contributed by atoms with Gasteiger partial charge in [0.2, 0.25) is 0 Å². The summed E-state index contributed by atoms with van der Waals surface area (Å²) in [7, 11) is 0. The Balaban J connectivity index is 2.04. The van der Waals surface area contributed by atoms with Gasteiger partial charge in [-0.1, -0.05) is 11.6 Å². The van der Waals surface area contributed by atoms with Gasteiger partial charge in [0.25, 0.3) is 0 Å². The molecule has 3 nitrogen and oxygen atoms in total. The number of H-pyrrole nitrogens is 1. The first-order valence-corrected chi connectivity index (χ1v) is 6.88. The molecule has 1 aliphatic rings. The lowest BCUT2D eigenvalue weighted by atomic mass is 10.1. The minimum Gasteiger partial charge on any atom is -0.370 e. The van der Waals surface area contributed by atoms with Crippen molar-refractivity contribution in [3.05, 3.63) is 27.5 Å². The summed E-state index contributed by atoms with van der Waals surface area (Å²) in [4.78, 5) is 7.85. The summed E-state index contributed by atoms with van der Waals surface area (Å²) in [5.74, 6) is 0.889. The molecular formula is C12H12BrClN2O. The maximum atomic E-state index is 6.21. The Kier molecular flexibility index (Phi) is 3.11. The molecule has 90 valence electrons. The Hall–Kier alpha value is -0.580. The van der Waals surface area contributed by atoms with E-state index < -0.39 is 0 Å². The van der Waals surface area contributed by atoms with Crippen LogP contribution in [0.15, 0.2) is 16.6 Å². The highest BCUT2D eigenvalue weighted by Gasteiger charge is 2.20. The number of rotatable bonds is 1. The zero-order valence-electron chi connectivity index (χ0n) is 9.17. The molecule has 0 bridgehead atoms. The Labute approximate surface area is 113 Å². The van der Waals surface area contributed by atoms with Crippen LogP contribution < -0.4 is 0 Å². The number of halogens is 2. The summed E-state index contributed by atoms with van der Waals surface area (Å²) in [5.41, 5.74) is 1.77. The first-order valence-electron chi connectivity index (χ1n) is 5.71. The maximum absolute atomic E-state index is 6.21. The quantitative estimate of drug-likeness (QED) is 0.855. The molecule has 1 aromatic carbocycles. The monoisotopic (exact) mass is 314 g/mol. The molecule has 1 unspecified atom stereocenters. The molecule has 1 aromatic heterocycles. The third-order valence-corrected chi connectivity index (χ3v) is 4.32. The summed E-state index contributed by atoms with van der Waals surface area (Å²) in [6.45, 7) is 0.819. The third kappa shape index (κ3) is 2.09. The van der Waals surface area contributed by atoms with Crippen LogP contribution in [0, 0.1) is 0 Å². The van der Waals surface area contributed by atoms with Gasteiger partial charge in [-0.25, -0.2) is 4.98 Å². The third-order valence-electron chi connectivity index (χ3n) is 3.05. The van der Waals surface area contributed by atoms with Crippen molar-refractivity contribution in [2.24, 2.45) is 0 Å². The highest BCUT2D eigenvalue weighted by Crippen LogP contribution is 2.32. The summed E-state index contributed by atoms with van der Waals surface area (Å²) >= 11 is 9.61. The maximum Gasteiger partial charge on any atom is 0.136 e. The molecule has 0 aliphatic carbocycles. The average molecular weight is 316 g/mol. The van der Waals surface area contributed by atoms with E-state index in [9.17, 15) is 0 Å². The van der Waals surface area contributed by atoms with Crippen molar-refractivity contribution in [3.8, 4) is 0 Å². The van der Waals surface area contributed by atoms with Gasteiger partial charge in [0, 0.05) is 11.1 Å². The molecular weight excluding hydrogens is 304 g/mol. The van der Waals surface area contributed by atoms with E-state index in [-0.39, 0.29) is 6.10 Å². The molecule has 1 atom stereocenters. The minimum atomic E-state index is 0.0889. The van der Waals surface area contributed by atoms with Crippen molar-refractivity contribution >= 4 is 38.6 Å². The molecule has 0 saturated carbocycles. The molecule has 2 aromatic rings. The molecule has 3 rings (SSSR count). The molecule has 17 heavy (non-hydrogen) atoms. The first-order chi connectivity index (χ1) is 8.25. The lowest BCUT2D eigenvalue weighted by Gasteiger charge is -2.20. The number of aromatic amines is 1. The predicted molar refractivity (Wildman–Crippen MR) is 71.3 cm³/mol.